The number of hydrogen-bond donors (Lipinski definition) is 0. The van der Waals surface area contributed by atoms with E-state index in [-0.39, 0.29) is 0 Å². The van der Waals surface area contributed by atoms with Gasteiger partial charge in [0.1, 0.15) is 16.2 Å². The smallest absolute Gasteiger partial charge is 0.127 e. The first kappa shape index (κ1) is 14.4. The second kappa shape index (κ2) is 5.53. The molecule has 0 N–H and O–H groups in total. The molecule has 0 unspecified atom stereocenters. The molecule has 0 aliphatic heterocycles. The van der Waals surface area contributed by atoms with Crippen LogP contribution in [0.5, 0.6) is 0 Å². The van der Waals surface area contributed by atoms with E-state index in [1.54, 1.807) is 29.4 Å². The fourth-order valence-electron chi connectivity index (χ4n) is 3.66. The van der Waals surface area contributed by atoms with Crippen molar-refractivity contribution < 1.29 is 0 Å². The van der Waals surface area contributed by atoms with Crippen LogP contribution < -0.4 is 0 Å². The number of pyridine rings is 1. The molecule has 1 aromatic carbocycles. The van der Waals surface area contributed by atoms with Gasteiger partial charge in [0.05, 0.1) is 15.9 Å². The fraction of sp³-hybridized carbons (Fsp3) is 0.211. The van der Waals surface area contributed by atoms with Crippen molar-refractivity contribution in [3.63, 3.8) is 0 Å². The van der Waals surface area contributed by atoms with Gasteiger partial charge in [-0.2, -0.15) is 0 Å². The molecule has 5 rings (SSSR count). The number of benzene rings is 1. The molecule has 3 aromatic heterocycles. The Labute approximate surface area is 148 Å². The van der Waals surface area contributed by atoms with Crippen LogP contribution in [-0.2, 0) is 12.8 Å². The second-order valence-electron chi connectivity index (χ2n) is 5.98. The molecule has 0 saturated carbocycles. The quantitative estimate of drug-likeness (QED) is 0.372. The van der Waals surface area contributed by atoms with Crippen LogP contribution >= 0.6 is 23.1 Å². The molecule has 1 aliphatic carbocycles. The number of nitrogens with zero attached hydrogens (tertiary/aromatic N) is 3. The number of fused-ring (bicyclic) bond motifs is 5. The van der Waals surface area contributed by atoms with Crippen molar-refractivity contribution in [3.05, 3.63) is 47.8 Å². The Balaban J connectivity index is 1.91. The van der Waals surface area contributed by atoms with Crippen molar-refractivity contribution in [3.8, 4) is 11.3 Å². The number of thiophene rings is 1. The summed E-state index contributed by atoms with van der Waals surface area (Å²) in [4.78, 5) is 15.2. The highest BCUT2D eigenvalue weighted by atomic mass is 32.2. The van der Waals surface area contributed by atoms with E-state index < -0.39 is 0 Å². The van der Waals surface area contributed by atoms with Crippen LogP contribution in [0.3, 0.4) is 0 Å². The van der Waals surface area contributed by atoms with Crippen LogP contribution in [0.15, 0.2) is 41.7 Å². The molecule has 0 spiro atoms. The molecule has 5 heteroatoms. The number of hydrogen-bond acceptors (Lipinski definition) is 5. The van der Waals surface area contributed by atoms with Crippen LogP contribution in [0.1, 0.15) is 17.5 Å². The van der Waals surface area contributed by atoms with Gasteiger partial charge < -0.3 is 0 Å². The SMILES string of the molecule is CSc1ncnc2c1sc1nc(-c3ccccc3)c3c(c12)CCC3. The predicted octanol–water partition coefficient (Wildman–Crippen LogP) is 5.12. The van der Waals surface area contributed by atoms with Crippen molar-refractivity contribution in [2.24, 2.45) is 0 Å². The van der Waals surface area contributed by atoms with Crippen LogP contribution in [0.2, 0.25) is 0 Å². The van der Waals surface area contributed by atoms with Gasteiger partial charge in [-0.25, -0.2) is 15.0 Å². The van der Waals surface area contributed by atoms with E-state index in [9.17, 15) is 0 Å². The number of thioether (sulfide) groups is 1. The van der Waals surface area contributed by atoms with E-state index in [2.05, 4.69) is 46.6 Å². The Morgan fingerprint density at radius 2 is 1.88 bits per heavy atom. The van der Waals surface area contributed by atoms with E-state index in [1.165, 1.54) is 33.2 Å². The fourth-order valence-corrected chi connectivity index (χ4v) is 5.51. The molecule has 1 aliphatic rings. The van der Waals surface area contributed by atoms with Gasteiger partial charge in [0.15, 0.2) is 0 Å². The van der Waals surface area contributed by atoms with Crippen molar-refractivity contribution in [2.75, 3.05) is 6.26 Å². The van der Waals surface area contributed by atoms with E-state index >= 15 is 0 Å². The molecule has 0 saturated heterocycles. The minimum atomic E-state index is 1.05. The number of rotatable bonds is 2. The zero-order valence-corrected chi connectivity index (χ0v) is 14.9. The molecular weight excluding hydrogens is 334 g/mol. The Hall–Kier alpha value is -1.98. The largest absolute Gasteiger partial charge is 0.236 e. The first-order valence-electron chi connectivity index (χ1n) is 8.05. The van der Waals surface area contributed by atoms with Crippen LogP contribution in [0, 0.1) is 0 Å². The van der Waals surface area contributed by atoms with Gasteiger partial charge in [0.25, 0.3) is 0 Å². The lowest BCUT2D eigenvalue weighted by Crippen LogP contribution is -1.94. The van der Waals surface area contributed by atoms with Gasteiger partial charge >= 0.3 is 0 Å². The standard InChI is InChI=1S/C19H15N3S2/c1-23-19-17-16(20-10-21-19)14-12-8-5-9-13(12)15(22-18(14)24-17)11-6-3-2-4-7-11/h2-4,6-7,10H,5,8-9H2,1H3. The van der Waals surface area contributed by atoms with Gasteiger partial charge in [-0.3, -0.25) is 0 Å². The zero-order valence-electron chi connectivity index (χ0n) is 13.2. The Bertz CT molecular complexity index is 1070. The normalized spacial score (nSPS) is 13.7. The summed E-state index contributed by atoms with van der Waals surface area (Å²) in [5.74, 6) is 0. The number of aryl methyl sites for hydroxylation is 1. The van der Waals surface area contributed by atoms with Crippen molar-refractivity contribution >= 4 is 43.5 Å². The van der Waals surface area contributed by atoms with Gasteiger partial charge in [-0.15, -0.1) is 23.1 Å². The summed E-state index contributed by atoms with van der Waals surface area (Å²) in [6, 6.07) is 10.6. The van der Waals surface area contributed by atoms with Crippen LogP contribution in [-0.4, -0.2) is 21.2 Å². The van der Waals surface area contributed by atoms with Gasteiger partial charge in [0.2, 0.25) is 0 Å². The highest BCUT2D eigenvalue weighted by Gasteiger charge is 2.24. The lowest BCUT2D eigenvalue weighted by molar-refractivity contribution is 0.913. The molecule has 24 heavy (non-hydrogen) atoms. The Morgan fingerprint density at radius 1 is 1.04 bits per heavy atom. The first-order valence-corrected chi connectivity index (χ1v) is 10.1. The summed E-state index contributed by atoms with van der Waals surface area (Å²) in [7, 11) is 0. The summed E-state index contributed by atoms with van der Waals surface area (Å²) < 4.78 is 1.17. The molecule has 3 heterocycles. The van der Waals surface area contributed by atoms with Crippen molar-refractivity contribution in [1.29, 1.82) is 0 Å². The van der Waals surface area contributed by atoms with E-state index in [0.717, 1.165) is 33.9 Å². The first-order chi connectivity index (χ1) is 11.9. The van der Waals surface area contributed by atoms with Crippen molar-refractivity contribution in [1.82, 2.24) is 15.0 Å². The maximum Gasteiger partial charge on any atom is 0.127 e. The average molecular weight is 349 g/mol. The average Bonchev–Trinajstić information content (AvgIpc) is 3.25. The van der Waals surface area contributed by atoms with Crippen LogP contribution in [0.25, 0.3) is 31.7 Å². The van der Waals surface area contributed by atoms with Gasteiger partial charge in [-0.05, 0) is 36.6 Å². The maximum atomic E-state index is 5.07. The van der Waals surface area contributed by atoms with E-state index in [1.807, 2.05) is 0 Å². The predicted molar refractivity (Wildman–Crippen MR) is 102 cm³/mol. The summed E-state index contributed by atoms with van der Waals surface area (Å²) in [6.45, 7) is 0. The minimum Gasteiger partial charge on any atom is -0.236 e. The summed E-state index contributed by atoms with van der Waals surface area (Å²) in [5.41, 5.74) is 6.32. The minimum absolute atomic E-state index is 1.05. The summed E-state index contributed by atoms with van der Waals surface area (Å²) in [5, 5.41) is 2.32. The molecule has 118 valence electrons. The van der Waals surface area contributed by atoms with Gasteiger partial charge in [0, 0.05) is 10.9 Å². The van der Waals surface area contributed by atoms with Gasteiger partial charge in [-0.1, -0.05) is 30.3 Å². The maximum absolute atomic E-state index is 5.07. The monoisotopic (exact) mass is 349 g/mol. The zero-order chi connectivity index (χ0) is 16.1. The Morgan fingerprint density at radius 3 is 2.71 bits per heavy atom. The summed E-state index contributed by atoms with van der Waals surface area (Å²) >= 11 is 3.41. The highest BCUT2D eigenvalue weighted by Crippen LogP contribution is 2.43. The Kier molecular flexibility index (Phi) is 3.31. The summed E-state index contributed by atoms with van der Waals surface area (Å²) in [6.07, 6.45) is 7.19. The van der Waals surface area contributed by atoms with Crippen molar-refractivity contribution in [2.45, 2.75) is 24.3 Å². The molecule has 0 amide bonds. The third-order valence-corrected chi connectivity index (χ3v) is 6.58. The molecule has 3 nitrogen and oxygen atoms in total. The molecule has 4 aromatic rings. The van der Waals surface area contributed by atoms with E-state index in [4.69, 9.17) is 4.98 Å². The third kappa shape index (κ3) is 2.01. The lowest BCUT2D eigenvalue weighted by atomic mass is 10.0. The van der Waals surface area contributed by atoms with E-state index in [0.29, 0.717) is 0 Å². The highest BCUT2D eigenvalue weighted by molar-refractivity contribution is 7.98. The molecule has 0 radical (unpaired) electrons. The molecule has 0 bridgehead atoms. The molecule has 0 atom stereocenters. The topological polar surface area (TPSA) is 38.7 Å². The number of aromatic nitrogens is 3. The molecule has 0 fully saturated rings. The van der Waals surface area contributed by atoms with Crippen LogP contribution in [0.4, 0.5) is 0 Å². The lowest BCUT2D eigenvalue weighted by Gasteiger charge is -2.09. The molecular formula is C19H15N3S2. The third-order valence-electron chi connectivity index (χ3n) is 4.68. The second-order valence-corrected chi connectivity index (χ2v) is 7.77.